The highest BCUT2D eigenvalue weighted by atomic mass is 79.9. The summed E-state index contributed by atoms with van der Waals surface area (Å²) in [5, 5.41) is 19.7. The van der Waals surface area contributed by atoms with Crippen molar-refractivity contribution in [3.05, 3.63) is 49.3 Å². The molecule has 2 aromatic carbocycles. The normalized spacial score (nSPS) is 11.5. The molecule has 0 fully saturated rings. The van der Waals surface area contributed by atoms with Gasteiger partial charge in [-0.2, -0.15) is 0 Å². The van der Waals surface area contributed by atoms with Crippen molar-refractivity contribution < 1.29 is 10.2 Å². The molecule has 0 aliphatic rings. The minimum Gasteiger partial charge on any atom is -0.506 e. The fourth-order valence-electron chi connectivity index (χ4n) is 1.96. The summed E-state index contributed by atoms with van der Waals surface area (Å²) >= 11 is 6.30. The van der Waals surface area contributed by atoms with Crippen molar-refractivity contribution in [3.8, 4) is 11.5 Å². The first kappa shape index (κ1) is 14.9. The Hall–Kier alpha value is -2.06. The lowest BCUT2D eigenvalue weighted by atomic mass is 10.2. The maximum atomic E-state index is 11.2. The second-order valence-electron chi connectivity index (χ2n) is 4.53. The number of nitrogens with one attached hydrogen (secondary N) is 2. The molecule has 1 heterocycles. The zero-order chi connectivity index (χ0) is 15.9. The first-order chi connectivity index (χ1) is 10.5. The zero-order valence-electron chi connectivity index (χ0n) is 10.9. The maximum Gasteiger partial charge on any atom is 0.323 e. The number of aromatic amines is 2. The highest BCUT2D eigenvalue weighted by Crippen LogP contribution is 2.40. The second-order valence-corrected chi connectivity index (χ2v) is 6.17. The van der Waals surface area contributed by atoms with Gasteiger partial charge in [-0.05, 0) is 56.1 Å². The van der Waals surface area contributed by atoms with Crippen LogP contribution in [0, 0.1) is 0 Å². The van der Waals surface area contributed by atoms with E-state index in [0.717, 1.165) is 0 Å². The Kier molecular flexibility index (Phi) is 3.79. The molecule has 1 aromatic heterocycles. The number of fused-ring (bicyclic) bond motifs is 1. The van der Waals surface area contributed by atoms with E-state index in [-0.39, 0.29) is 21.7 Å². The fraction of sp³-hybridized carbons (Fsp3) is 0. The Morgan fingerprint density at radius 1 is 1.05 bits per heavy atom. The fourth-order valence-corrected chi connectivity index (χ4v) is 3.11. The zero-order valence-corrected chi connectivity index (χ0v) is 14.1. The van der Waals surface area contributed by atoms with Crippen LogP contribution in [0.15, 0.2) is 43.0 Å². The van der Waals surface area contributed by atoms with Gasteiger partial charge in [0.15, 0.2) is 0 Å². The lowest BCUT2D eigenvalue weighted by Gasteiger charge is -2.06. The predicted octanol–water partition coefficient (Wildman–Crippen LogP) is 3.54. The number of hydrogen-bond acceptors (Lipinski definition) is 4. The third kappa shape index (κ3) is 2.67. The molecule has 0 aliphatic carbocycles. The van der Waals surface area contributed by atoms with Gasteiger partial charge in [0.1, 0.15) is 16.0 Å². The SMILES string of the molecule is O=c1[nH]c2ccc(N=Cc3cc(Br)c(O)c(Br)c3O)cc2[nH]1. The lowest BCUT2D eigenvalue weighted by molar-refractivity contribution is 0.442. The van der Waals surface area contributed by atoms with E-state index in [1.807, 2.05) is 0 Å². The van der Waals surface area contributed by atoms with Crippen molar-refractivity contribution in [2.24, 2.45) is 4.99 Å². The van der Waals surface area contributed by atoms with Crippen molar-refractivity contribution in [1.29, 1.82) is 0 Å². The molecule has 22 heavy (non-hydrogen) atoms. The number of imidazole rings is 1. The van der Waals surface area contributed by atoms with Crippen molar-refractivity contribution in [3.63, 3.8) is 0 Å². The van der Waals surface area contributed by atoms with Crippen LogP contribution in [-0.2, 0) is 0 Å². The number of aromatic hydroxyl groups is 2. The minimum atomic E-state index is -0.278. The van der Waals surface area contributed by atoms with Gasteiger partial charge in [-0.1, -0.05) is 0 Å². The number of aliphatic imine (C=N–C) groups is 1. The van der Waals surface area contributed by atoms with Gasteiger partial charge in [-0.15, -0.1) is 0 Å². The number of hydrogen-bond donors (Lipinski definition) is 4. The summed E-state index contributed by atoms with van der Waals surface area (Å²) in [4.78, 5) is 20.8. The van der Waals surface area contributed by atoms with E-state index in [1.165, 1.54) is 6.21 Å². The van der Waals surface area contributed by atoms with Gasteiger partial charge in [0, 0.05) is 11.8 Å². The Labute approximate surface area is 140 Å². The molecule has 0 saturated heterocycles. The summed E-state index contributed by atoms with van der Waals surface area (Å²) < 4.78 is 0.623. The third-order valence-corrected chi connectivity index (χ3v) is 4.41. The Balaban J connectivity index is 2.00. The van der Waals surface area contributed by atoms with Gasteiger partial charge < -0.3 is 20.2 Å². The van der Waals surface area contributed by atoms with E-state index in [9.17, 15) is 15.0 Å². The summed E-state index contributed by atoms with van der Waals surface area (Å²) in [6, 6.07) is 6.74. The van der Waals surface area contributed by atoms with Crippen LogP contribution in [0.5, 0.6) is 11.5 Å². The van der Waals surface area contributed by atoms with Crippen molar-refractivity contribution in [1.82, 2.24) is 9.97 Å². The molecule has 0 aliphatic heterocycles. The number of H-pyrrole nitrogens is 2. The van der Waals surface area contributed by atoms with Crippen LogP contribution in [0.4, 0.5) is 5.69 Å². The van der Waals surface area contributed by atoms with Crippen LogP contribution in [0.3, 0.4) is 0 Å². The van der Waals surface area contributed by atoms with Crippen LogP contribution in [0.2, 0.25) is 0 Å². The highest BCUT2D eigenvalue weighted by Gasteiger charge is 2.12. The molecule has 0 amide bonds. The molecule has 0 atom stereocenters. The van der Waals surface area contributed by atoms with E-state index in [2.05, 4.69) is 46.8 Å². The van der Waals surface area contributed by atoms with E-state index >= 15 is 0 Å². The standard InChI is InChI=1S/C14H9Br2N3O3/c15-8-3-6(12(20)11(16)13(8)21)5-17-7-1-2-9-10(4-7)19-14(22)18-9/h1-5,20-21H,(H2,18,19,22). The smallest absolute Gasteiger partial charge is 0.323 e. The molecule has 112 valence electrons. The van der Waals surface area contributed by atoms with Crippen molar-refractivity contribution in [2.45, 2.75) is 0 Å². The number of rotatable bonds is 2. The van der Waals surface area contributed by atoms with Gasteiger partial charge in [-0.25, -0.2) is 4.79 Å². The summed E-state index contributed by atoms with van der Waals surface area (Å²) in [6.45, 7) is 0. The Morgan fingerprint density at radius 2 is 1.77 bits per heavy atom. The molecule has 6 nitrogen and oxygen atoms in total. The number of phenols is 2. The molecule has 0 unspecified atom stereocenters. The van der Waals surface area contributed by atoms with Crippen molar-refractivity contribution in [2.75, 3.05) is 0 Å². The number of benzene rings is 2. The van der Waals surface area contributed by atoms with Gasteiger partial charge in [0.25, 0.3) is 0 Å². The first-order valence-corrected chi connectivity index (χ1v) is 7.70. The lowest BCUT2D eigenvalue weighted by Crippen LogP contribution is -1.99. The monoisotopic (exact) mass is 425 g/mol. The van der Waals surface area contributed by atoms with Crippen LogP contribution in [0.1, 0.15) is 5.56 Å². The first-order valence-electron chi connectivity index (χ1n) is 6.12. The van der Waals surface area contributed by atoms with Gasteiger partial charge in [0.05, 0.1) is 21.2 Å². The van der Waals surface area contributed by atoms with E-state index in [1.54, 1.807) is 24.3 Å². The third-order valence-electron chi connectivity index (χ3n) is 3.05. The Bertz CT molecular complexity index is 960. The van der Waals surface area contributed by atoms with Crippen LogP contribution in [-0.4, -0.2) is 26.4 Å². The number of nitrogens with zero attached hydrogens (tertiary/aromatic N) is 1. The summed E-state index contributed by atoms with van der Waals surface area (Å²) in [5.74, 6) is -0.193. The molecule has 4 N–H and O–H groups in total. The number of phenolic OH excluding ortho intramolecular Hbond substituents is 2. The Morgan fingerprint density at radius 3 is 2.55 bits per heavy atom. The van der Waals surface area contributed by atoms with E-state index < -0.39 is 0 Å². The molecule has 0 radical (unpaired) electrons. The van der Waals surface area contributed by atoms with Gasteiger partial charge >= 0.3 is 5.69 Å². The quantitative estimate of drug-likeness (QED) is 0.471. The van der Waals surface area contributed by atoms with Crippen LogP contribution >= 0.6 is 31.9 Å². The number of aromatic nitrogens is 2. The second kappa shape index (κ2) is 5.62. The minimum absolute atomic E-state index is 0.0824. The predicted molar refractivity (Wildman–Crippen MR) is 91.3 cm³/mol. The highest BCUT2D eigenvalue weighted by molar-refractivity contribution is 9.11. The van der Waals surface area contributed by atoms with Gasteiger partial charge in [0.2, 0.25) is 0 Å². The molecule has 0 spiro atoms. The van der Waals surface area contributed by atoms with Crippen molar-refractivity contribution >= 4 is 54.8 Å². The molecule has 8 heteroatoms. The van der Waals surface area contributed by atoms with E-state index in [4.69, 9.17) is 0 Å². The van der Waals surface area contributed by atoms with Crippen LogP contribution < -0.4 is 5.69 Å². The summed E-state index contributed by atoms with van der Waals surface area (Å²) in [5.41, 5.74) is 2.11. The molecule has 3 aromatic rings. The molecular formula is C14H9Br2N3O3. The topological polar surface area (TPSA) is 101 Å². The molecule has 3 rings (SSSR count). The molecule has 0 saturated carbocycles. The number of halogens is 2. The molecule has 0 bridgehead atoms. The summed E-state index contributed by atoms with van der Waals surface area (Å²) in [6.07, 6.45) is 1.47. The molecular weight excluding hydrogens is 418 g/mol. The van der Waals surface area contributed by atoms with E-state index in [0.29, 0.717) is 26.8 Å². The average Bonchev–Trinajstić information content (AvgIpc) is 2.86. The summed E-state index contributed by atoms with van der Waals surface area (Å²) in [7, 11) is 0. The van der Waals surface area contributed by atoms with Gasteiger partial charge in [-0.3, -0.25) is 4.99 Å². The maximum absolute atomic E-state index is 11.2. The average molecular weight is 427 g/mol. The van der Waals surface area contributed by atoms with Crippen LogP contribution in [0.25, 0.3) is 11.0 Å². The largest absolute Gasteiger partial charge is 0.506 e.